The van der Waals surface area contributed by atoms with Crippen LogP contribution in [0.1, 0.15) is 43.0 Å². The van der Waals surface area contributed by atoms with Gasteiger partial charge in [-0.2, -0.15) is 0 Å². The van der Waals surface area contributed by atoms with Crippen molar-refractivity contribution in [3.8, 4) is 0 Å². The van der Waals surface area contributed by atoms with Crippen molar-refractivity contribution in [1.82, 2.24) is 5.32 Å². The molecule has 0 aliphatic heterocycles. The Kier molecular flexibility index (Phi) is 5.95. The Morgan fingerprint density at radius 2 is 1.90 bits per heavy atom. The molecular formula is C18H21BrFN. The smallest absolute Gasteiger partial charge is 0.124 e. The Morgan fingerprint density at radius 1 is 1.10 bits per heavy atom. The molecular weight excluding hydrogens is 329 g/mol. The van der Waals surface area contributed by atoms with E-state index < -0.39 is 0 Å². The number of benzene rings is 2. The van der Waals surface area contributed by atoms with Crippen LogP contribution in [0.3, 0.4) is 0 Å². The molecule has 0 saturated carbocycles. The van der Waals surface area contributed by atoms with Gasteiger partial charge in [0.25, 0.3) is 0 Å². The van der Waals surface area contributed by atoms with E-state index in [0.29, 0.717) is 0 Å². The van der Waals surface area contributed by atoms with Crippen LogP contribution < -0.4 is 5.32 Å². The van der Waals surface area contributed by atoms with Crippen LogP contribution in [0.15, 0.2) is 46.9 Å². The first kappa shape index (κ1) is 16.2. The number of aryl methyl sites for hydroxylation is 1. The van der Waals surface area contributed by atoms with E-state index in [-0.39, 0.29) is 11.9 Å². The van der Waals surface area contributed by atoms with Crippen LogP contribution in [0.2, 0.25) is 0 Å². The van der Waals surface area contributed by atoms with E-state index in [9.17, 15) is 4.39 Å². The van der Waals surface area contributed by atoms with Crippen molar-refractivity contribution in [2.75, 3.05) is 6.54 Å². The number of halogens is 2. The van der Waals surface area contributed by atoms with Crippen LogP contribution in [0.4, 0.5) is 4.39 Å². The molecule has 1 atom stereocenters. The van der Waals surface area contributed by atoms with Crippen LogP contribution in [0.5, 0.6) is 0 Å². The lowest BCUT2D eigenvalue weighted by Crippen LogP contribution is -2.22. The van der Waals surface area contributed by atoms with Crippen molar-refractivity contribution in [2.24, 2.45) is 0 Å². The Hall–Kier alpha value is -1.19. The normalized spacial score (nSPS) is 12.4. The highest BCUT2D eigenvalue weighted by atomic mass is 79.9. The lowest BCUT2D eigenvalue weighted by molar-refractivity contribution is 0.602. The van der Waals surface area contributed by atoms with Gasteiger partial charge in [0, 0.05) is 4.47 Å². The third-order valence-corrected chi connectivity index (χ3v) is 3.91. The highest BCUT2D eigenvalue weighted by molar-refractivity contribution is 9.10. The zero-order chi connectivity index (χ0) is 15.2. The Morgan fingerprint density at radius 3 is 2.57 bits per heavy atom. The first-order valence-corrected chi connectivity index (χ1v) is 8.21. The van der Waals surface area contributed by atoms with E-state index in [0.717, 1.165) is 29.4 Å². The standard InChI is InChI=1S/C18H21BrFN/c1-3-6-13-7-5-8-14(9-13)18(21-4-2)15-10-16(19)12-17(20)11-15/h5,7-12,18,21H,3-4,6H2,1-2H3. The third-order valence-electron chi connectivity index (χ3n) is 3.45. The number of rotatable bonds is 6. The fourth-order valence-electron chi connectivity index (χ4n) is 2.59. The molecule has 1 N–H and O–H groups in total. The van der Waals surface area contributed by atoms with Gasteiger partial charge in [-0.15, -0.1) is 0 Å². The summed E-state index contributed by atoms with van der Waals surface area (Å²) in [6.07, 6.45) is 2.19. The molecule has 0 aliphatic rings. The lowest BCUT2D eigenvalue weighted by Gasteiger charge is -2.20. The van der Waals surface area contributed by atoms with Gasteiger partial charge >= 0.3 is 0 Å². The van der Waals surface area contributed by atoms with E-state index in [1.165, 1.54) is 17.2 Å². The van der Waals surface area contributed by atoms with Gasteiger partial charge in [-0.25, -0.2) is 4.39 Å². The minimum absolute atomic E-state index is 0.0128. The summed E-state index contributed by atoms with van der Waals surface area (Å²) >= 11 is 3.38. The summed E-state index contributed by atoms with van der Waals surface area (Å²) in [5.74, 6) is -0.216. The number of hydrogen-bond donors (Lipinski definition) is 1. The highest BCUT2D eigenvalue weighted by Gasteiger charge is 2.15. The largest absolute Gasteiger partial charge is 0.307 e. The summed E-state index contributed by atoms with van der Waals surface area (Å²) in [6.45, 7) is 5.08. The predicted octanol–water partition coefficient (Wildman–Crippen LogP) is 5.24. The average Bonchev–Trinajstić information content (AvgIpc) is 2.44. The summed E-state index contributed by atoms with van der Waals surface area (Å²) in [7, 11) is 0. The fraction of sp³-hybridized carbons (Fsp3) is 0.333. The maximum atomic E-state index is 13.7. The van der Waals surface area contributed by atoms with Crippen molar-refractivity contribution in [1.29, 1.82) is 0 Å². The van der Waals surface area contributed by atoms with Gasteiger partial charge in [0.2, 0.25) is 0 Å². The lowest BCUT2D eigenvalue weighted by atomic mass is 9.96. The molecule has 0 amide bonds. The van der Waals surface area contributed by atoms with Crippen molar-refractivity contribution < 1.29 is 4.39 Å². The molecule has 0 aromatic heterocycles. The zero-order valence-electron chi connectivity index (χ0n) is 12.5. The van der Waals surface area contributed by atoms with Gasteiger partial charge < -0.3 is 5.32 Å². The minimum atomic E-state index is -0.216. The summed E-state index contributed by atoms with van der Waals surface area (Å²) < 4.78 is 14.5. The molecule has 0 radical (unpaired) electrons. The Balaban J connectivity index is 2.40. The topological polar surface area (TPSA) is 12.0 Å². The molecule has 3 heteroatoms. The summed E-state index contributed by atoms with van der Waals surface area (Å²) in [6, 6.07) is 13.6. The molecule has 0 spiro atoms. The molecule has 2 aromatic rings. The van der Waals surface area contributed by atoms with Crippen LogP contribution in [0, 0.1) is 5.82 Å². The molecule has 0 bridgehead atoms. The molecule has 2 rings (SSSR count). The molecule has 0 fully saturated rings. The van der Waals surface area contributed by atoms with Crippen LogP contribution in [-0.4, -0.2) is 6.54 Å². The SMILES string of the molecule is CCCc1cccc(C(NCC)c2cc(F)cc(Br)c2)c1. The first-order chi connectivity index (χ1) is 10.1. The van der Waals surface area contributed by atoms with E-state index in [1.54, 1.807) is 6.07 Å². The third kappa shape index (κ3) is 4.39. The molecule has 2 aromatic carbocycles. The second-order valence-electron chi connectivity index (χ2n) is 5.19. The first-order valence-electron chi connectivity index (χ1n) is 7.42. The summed E-state index contributed by atoms with van der Waals surface area (Å²) in [4.78, 5) is 0. The van der Waals surface area contributed by atoms with Crippen LogP contribution >= 0.6 is 15.9 Å². The number of nitrogens with one attached hydrogen (secondary N) is 1. The van der Waals surface area contributed by atoms with Crippen molar-refractivity contribution in [3.05, 3.63) is 69.4 Å². The predicted molar refractivity (Wildman–Crippen MR) is 90.1 cm³/mol. The Labute approximate surface area is 134 Å². The van der Waals surface area contributed by atoms with Gasteiger partial charge in [-0.1, -0.05) is 60.5 Å². The van der Waals surface area contributed by atoms with Gasteiger partial charge in [0.1, 0.15) is 5.82 Å². The van der Waals surface area contributed by atoms with Crippen molar-refractivity contribution in [2.45, 2.75) is 32.7 Å². The van der Waals surface area contributed by atoms with E-state index in [1.807, 2.05) is 6.07 Å². The quantitative estimate of drug-likeness (QED) is 0.751. The minimum Gasteiger partial charge on any atom is -0.307 e. The maximum absolute atomic E-state index is 13.7. The molecule has 0 aliphatic carbocycles. The molecule has 112 valence electrons. The van der Waals surface area contributed by atoms with Crippen LogP contribution in [0.25, 0.3) is 0 Å². The molecule has 1 unspecified atom stereocenters. The Bertz CT molecular complexity index is 577. The average molecular weight is 350 g/mol. The van der Waals surface area contributed by atoms with E-state index in [2.05, 4.69) is 59.4 Å². The van der Waals surface area contributed by atoms with E-state index >= 15 is 0 Å². The molecule has 0 heterocycles. The van der Waals surface area contributed by atoms with Crippen molar-refractivity contribution >= 4 is 15.9 Å². The second-order valence-corrected chi connectivity index (χ2v) is 6.10. The summed E-state index contributed by atoms with van der Waals surface area (Å²) in [5, 5.41) is 3.45. The molecule has 1 nitrogen and oxygen atoms in total. The highest BCUT2D eigenvalue weighted by Crippen LogP contribution is 2.26. The molecule has 21 heavy (non-hydrogen) atoms. The van der Waals surface area contributed by atoms with Gasteiger partial charge in [-0.05, 0) is 47.9 Å². The van der Waals surface area contributed by atoms with Gasteiger partial charge in [0.15, 0.2) is 0 Å². The summed E-state index contributed by atoms with van der Waals surface area (Å²) in [5.41, 5.74) is 3.45. The van der Waals surface area contributed by atoms with Crippen LogP contribution in [-0.2, 0) is 6.42 Å². The number of hydrogen-bond acceptors (Lipinski definition) is 1. The second kappa shape index (κ2) is 7.71. The maximum Gasteiger partial charge on any atom is 0.124 e. The van der Waals surface area contributed by atoms with Crippen molar-refractivity contribution in [3.63, 3.8) is 0 Å². The fourth-order valence-corrected chi connectivity index (χ4v) is 3.07. The molecule has 0 saturated heterocycles. The van der Waals surface area contributed by atoms with Gasteiger partial charge in [0.05, 0.1) is 6.04 Å². The zero-order valence-corrected chi connectivity index (χ0v) is 14.1. The monoisotopic (exact) mass is 349 g/mol. The van der Waals surface area contributed by atoms with E-state index in [4.69, 9.17) is 0 Å². The van der Waals surface area contributed by atoms with Gasteiger partial charge in [-0.3, -0.25) is 0 Å².